The van der Waals surface area contributed by atoms with Gasteiger partial charge in [-0.15, -0.1) is 0 Å². The van der Waals surface area contributed by atoms with Crippen LogP contribution < -0.4 is 5.32 Å². The third-order valence-corrected chi connectivity index (χ3v) is 3.32. The molecule has 0 spiro atoms. The summed E-state index contributed by atoms with van der Waals surface area (Å²) in [6.07, 6.45) is 9.48. The van der Waals surface area contributed by atoms with Crippen molar-refractivity contribution in [2.75, 3.05) is 6.67 Å². The van der Waals surface area contributed by atoms with Crippen LogP contribution >= 0.6 is 0 Å². The van der Waals surface area contributed by atoms with Crippen LogP contribution in [0.25, 0.3) is 0 Å². The summed E-state index contributed by atoms with van der Waals surface area (Å²) in [5.74, 6) is -0.200. The average molecular weight is 247 g/mol. The van der Waals surface area contributed by atoms with E-state index in [-0.39, 0.29) is 11.3 Å². The number of nitrogens with one attached hydrogen (secondary N) is 1. The highest BCUT2D eigenvalue weighted by molar-refractivity contribution is 6.02. The van der Waals surface area contributed by atoms with Crippen molar-refractivity contribution in [3.63, 3.8) is 0 Å². The molecule has 0 unspecified atom stereocenters. The van der Waals surface area contributed by atoms with Gasteiger partial charge in [-0.2, -0.15) is 0 Å². The Morgan fingerprint density at radius 1 is 1.33 bits per heavy atom. The maximum Gasteiger partial charge on any atom is 0.252 e. The van der Waals surface area contributed by atoms with Crippen LogP contribution in [0.15, 0.2) is 47.1 Å². The van der Waals surface area contributed by atoms with Crippen molar-refractivity contribution in [2.45, 2.75) is 26.8 Å². The summed E-state index contributed by atoms with van der Waals surface area (Å²) in [6, 6.07) is -0.468. The van der Waals surface area contributed by atoms with Gasteiger partial charge in [-0.25, -0.2) is 4.39 Å². The standard InChI is InChI=1S/C15H18FNO/c1-15(2,3)13(9-16)17-14(18)12-8-7-10-5-4-6-11(10)12/h4-8,13H,9H2,1-3H3,(H,17,18)/t13-/m1/s1. The Bertz CT molecular complexity index is 489. The van der Waals surface area contributed by atoms with Crippen molar-refractivity contribution in [3.05, 3.63) is 47.1 Å². The predicted octanol–water partition coefficient (Wildman–Crippen LogP) is 2.85. The van der Waals surface area contributed by atoms with Gasteiger partial charge in [-0.05, 0) is 22.6 Å². The third-order valence-electron chi connectivity index (χ3n) is 3.32. The lowest BCUT2D eigenvalue weighted by Crippen LogP contribution is -2.45. The summed E-state index contributed by atoms with van der Waals surface area (Å²) >= 11 is 0. The molecular weight excluding hydrogens is 229 g/mol. The molecule has 96 valence electrons. The molecular formula is C15H18FNO. The van der Waals surface area contributed by atoms with Crippen molar-refractivity contribution < 1.29 is 9.18 Å². The minimum absolute atomic E-state index is 0.200. The molecule has 3 heteroatoms. The van der Waals surface area contributed by atoms with Gasteiger partial charge in [0.2, 0.25) is 0 Å². The van der Waals surface area contributed by atoms with Crippen LogP contribution in [0, 0.1) is 5.41 Å². The molecule has 0 saturated carbocycles. The fourth-order valence-corrected chi connectivity index (χ4v) is 2.01. The van der Waals surface area contributed by atoms with Crippen LogP contribution in [-0.4, -0.2) is 18.6 Å². The Kier molecular flexibility index (Phi) is 3.24. The first-order valence-electron chi connectivity index (χ1n) is 6.11. The number of amides is 1. The molecule has 1 atom stereocenters. The van der Waals surface area contributed by atoms with E-state index < -0.39 is 12.7 Å². The number of allylic oxidation sites excluding steroid dienone is 6. The number of carbonyl (C=O) groups is 1. The predicted molar refractivity (Wildman–Crippen MR) is 70.7 cm³/mol. The van der Waals surface area contributed by atoms with Gasteiger partial charge in [0.25, 0.3) is 5.91 Å². The molecule has 0 aliphatic heterocycles. The topological polar surface area (TPSA) is 29.1 Å². The second-order valence-corrected chi connectivity index (χ2v) is 5.69. The Morgan fingerprint density at radius 2 is 2.06 bits per heavy atom. The fraction of sp³-hybridized carbons (Fsp3) is 0.400. The molecule has 2 rings (SSSR count). The average Bonchev–Trinajstić information content (AvgIpc) is 2.84. The van der Waals surface area contributed by atoms with Crippen LogP contribution in [0.1, 0.15) is 20.8 Å². The smallest absolute Gasteiger partial charge is 0.252 e. The summed E-state index contributed by atoms with van der Waals surface area (Å²) < 4.78 is 13.0. The zero-order chi connectivity index (χ0) is 13.3. The minimum atomic E-state index is -0.555. The van der Waals surface area contributed by atoms with Gasteiger partial charge in [-0.3, -0.25) is 4.79 Å². The van der Waals surface area contributed by atoms with E-state index in [9.17, 15) is 9.18 Å². The van der Waals surface area contributed by atoms with Crippen LogP contribution in [0.5, 0.6) is 0 Å². The molecule has 2 aliphatic rings. The molecule has 0 aromatic heterocycles. The maximum atomic E-state index is 13.0. The molecule has 0 aromatic carbocycles. The molecule has 0 heterocycles. The van der Waals surface area contributed by atoms with E-state index in [0.29, 0.717) is 5.57 Å². The van der Waals surface area contributed by atoms with Gasteiger partial charge in [-0.1, -0.05) is 45.1 Å². The summed E-state index contributed by atoms with van der Waals surface area (Å²) in [5, 5.41) is 2.78. The summed E-state index contributed by atoms with van der Waals surface area (Å²) in [7, 11) is 0. The number of alkyl halides is 1. The molecule has 0 radical (unpaired) electrons. The molecule has 0 fully saturated rings. The Labute approximate surface area is 107 Å². The maximum absolute atomic E-state index is 13.0. The quantitative estimate of drug-likeness (QED) is 0.816. The number of hydrogen-bond acceptors (Lipinski definition) is 1. The monoisotopic (exact) mass is 247 g/mol. The fourth-order valence-electron chi connectivity index (χ4n) is 2.01. The van der Waals surface area contributed by atoms with E-state index in [1.807, 2.05) is 45.1 Å². The van der Waals surface area contributed by atoms with Crippen molar-refractivity contribution in [2.24, 2.45) is 5.41 Å². The first-order valence-corrected chi connectivity index (χ1v) is 6.11. The first-order chi connectivity index (χ1) is 8.43. The van der Waals surface area contributed by atoms with Crippen LogP contribution in [0.3, 0.4) is 0 Å². The lowest BCUT2D eigenvalue weighted by atomic mass is 9.87. The molecule has 0 aromatic rings. The van der Waals surface area contributed by atoms with Crippen LogP contribution in [0.4, 0.5) is 4.39 Å². The van der Waals surface area contributed by atoms with E-state index in [2.05, 4.69) is 5.32 Å². The first kappa shape index (κ1) is 12.8. The molecule has 1 amide bonds. The molecule has 18 heavy (non-hydrogen) atoms. The highest BCUT2D eigenvalue weighted by Gasteiger charge is 2.29. The van der Waals surface area contributed by atoms with E-state index in [4.69, 9.17) is 0 Å². The second kappa shape index (κ2) is 4.56. The molecule has 1 N–H and O–H groups in total. The molecule has 2 nitrogen and oxygen atoms in total. The lowest BCUT2D eigenvalue weighted by molar-refractivity contribution is -0.118. The van der Waals surface area contributed by atoms with Crippen molar-refractivity contribution in [1.29, 1.82) is 0 Å². The van der Waals surface area contributed by atoms with Crippen molar-refractivity contribution >= 4 is 5.91 Å². The SMILES string of the molecule is CC(C)(C)[C@@H](CF)NC(=O)C1=CC=C2C=CC=C21. The van der Waals surface area contributed by atoms with Gasteiger partial charge >= 0.3 is 0 Å². The Hall–Kier alpha value is -1.64. The zero-order valence-corrected chi connectivity index (χ0v) is 11.0. The van der Waals surface area contributed by atoms with E-state index in [0.717, 1.165) is 11.1 Å². The number of halogens is 1. The number of fused-ring (bicyclic) bond motifs is 1. The Balaban J connectivity index is 2.06. The molecule has 0 saturated heterocycles. The largest absolute Gasteiger partial charge is 0.346 e. The third kappa shape index (κ3) is 2.30. The normalized spacial score (nSPS) is 19.0. The zero-order valence-electron chi connectivity index (χ0n) is 11.0. The van der Waals surface area contributed by atoms with E-state index in [1.54, 1.807) is 6.08 Å². The summed E-state index contributed by atoms with van der Waals surface area (Å²) in [4.78, 5) is 12.2. The van der Waals surface area contributed by atoms with Crippen molar-refractivity contribution in [3.8, 4) is 0 Å². The summed E-state index contributed by atoms with van der Waals surface area (Å²) in [5.41, 5.74) is 2.31. The van der Waals surface area contributed by atoms with Gasteiger partial charge in [0.15, 0.2) is 0 Å². The number of carbonyl (C=O) groups excluding carboxylic acids is 1. The molecule has 0 bridgehead atoms. The highest BCUT2D eigenvalue weighted by atomic mass is 19.1. The Morgan fingerprint density at radius 3 is 2.67 bits per heavy atom. The highest BCUT2D eigenvalue weighted by Crippen LogP contribution is 2.31. The molecule has 2 aliphatic carbocycles. The van der Waals surface area contributed by atoms with Crippen LogP contribution in [0.2, 0.25) is 0 Å². The number of rotatable bonds is 3. The van der Waals surface area contributed by atoms with Gasteiger partial charge < -0.3 is 5.32 Å². The van der Waals surface area contributed by atoms with E-state index >= 15 is 0 Å². The number of hydrogen-bond donors (Lipinski definition) is 1. The van der Waals surface area contributed by atoms with E-state index in [1.165, 1.54) is 0 Å². The lowest BCUT2D eigenvalue weighted by Gasteiger charge is -2.29. The van der Waals surface area contributed by atoms with Gasteiger partial charge in [0.05, 0.1) is 6.04 Å². The van der Waals surface area contributed by atoms with Gasteiger partial charge in [0.1, 0.15) is 6.67 Å². The second-order valence-electron chi connectivity index (χ2n) is 5.69. The van der Waals surface area contributed by atoms with Crippen molar-refractivity contribution in [1.82, 2.24) is 5.32 Å². The van der Waals surface area contributed by atoms with Gasteiger partial charge in [0, 0.05) is 5.57 Å². The van der Waals surface area contributed by atoms with Crippen LogP contribution in [-0.2, 0) is 4.79 Å². The summed E-state index contributed by atoms with van der Waals surface area (Å²) in [6.45, 7) is 5.20. The minimum Gasteiger partial charge on any atom is -0.346 e.